The minimum absolute atomic E-state index is 0.0314. The third kappa shape index (κ3) is 2.25. The molecule has 0 radical (unpaired) electrons. The molecule has 0 aromatic carbocycles. The number of nitriles is 1. The highest BCUT2D eigenvalue weighted by molar-refractivity contribution is 7.20. The van der Waals surface area contributed by atoms with E-state index in [0.29, 0.717) is 27.2 Å². The van der Waals surface area contributed by atoms with Crippen LogP contribution in [0.25, 0.3) is 10.2 Å². The number of aromatic nitrogens is 2. The number of amides is 1. The smallest absolute Gasteiger partial charge is 0.262 e. The van der Waals surface area contributed by atoms with Gasteiger partial charge in [0.15, 0.2) is 0 Å². The van der Waals surface area contributed by atoms with Gasteiger partial charge in [0.1, 0.15) is 10.7 Å². The minimum Gasteiger partial charge on any atom is -0.347 e. The van der Waals surface area contributed by atoms with Gasteiger partial charge < -0.3 is 5.32 Å². The molecule has 6 nitrogen and oxygen atoms in total. The van der Waals surface area contributed by atoms with Crippen LogP contribution in [0.4, 0.5) is 0 Å². The fraction of sp³-hybridized carbons (Fsp3) is 0.529. The van der Waals surface area contributed by atoms with Crippen LogP contribution in [0.15, 0.2) is 4.79 Å². The van der Waals surface area contributed by atoms with Gasteiger partial charge in [0.2, 0.25) is 0 Å². The van der Waals surface area contributed by atoms with Gasteiger partial charge in [-0.05, 0) is 38.2 Å². The van der Waals surface area contributed by atoms with E-state index in [0.717, 1.165) is 37.9 Å². The van der Waals surface area contributed by atoms with E-state index in [1.807, 2.05) is 6.92 Å². The fourth-order valence-electron chi connectivity index (χ4n) is 3.81. The minimum atomic E-state index is -0.188. The van der Waals surface area contributed by atoms with E-state index in [1.54, 1.807) is 4.57 Å². The van der Waals surface area contributed by atoms with Crippen molar-refractivity contribution in [2.24, 2.45) is 5.92 Å². The second kappa shape index (κ2) is 5.71. The van der Waals surface area contributed by atoms with E-state index in [9.17, 15) is 9.59 Å². The summed E-state index contributed by atoms with van der Waals surface area (Å²) in [6.45, 7) is 2.52. The first-order valence-electron chi connectivity index (χ1n) is 8.33. The number of nitrogens with one attached hydrogen (secondary N) is 1. The molecule has 3 heterocycles. The van der Waals surface area contributed by atoms with Crippen LogP contribution in [0, 0.1) is 24.2 Å². The lowest BCUT2D eigenvalue weighted by Crippen LogP contribution is -2.36. The lowest BCUT2D eigenvalue weighted by Gasteiger charge is -2.15. The first-order valence-corrected chi connectivity index (χ1v) is 9.15. The van der Waals surface area contributed by atoms with Crippen molar-refractivity contribution in [1.82, 2.24) is 14.9 Å². The van der Waals surface area contributed by atoms with Crippen molar-refractivity contribution in [2.45, 2.75) is 51.6 Å². The van der Waals surface area contributed by atoms with Crippen LogP contribution in [0.2, 0.25) is 0 Å². The van der Waals surface area contributed by atoms with Gasteiger partial charge in [-0.15, -0.1) is 11.3 Å². The van der Waals surface area contributed by atoms with E-state index >= 15 is 0 Å². The van der Waals surface area contributed by atoms with Gasteiger partial charge >= 0.3 is 0 Å². The number of hydrogen-bond donors (Lipinski definition) is 1. The molecule has 1 fully saturated rings. The summed E-state index contributed by atoms with van der Waals surface area (Å²) in [4.78, 5) is 31.1. The normalized spacial score (nSPS) is 22.5. The SMILES string of the molecule is Cc1c(C(=O)N[C@H]2CCC[C@H]2C#N)sc2nc3n(c(=O)c12)CCC3. The summed E-state index contributed by atoms with van der Waals surface area (Å²) in [5.41, 5.74) is 0.676. The van der Waals surface area contributed by atoms with Crippen molar-refractivity contribution < 1.29 is 4.79 Å². The number of fused-ring (bicyclic) bond motifs is 2. The maximum Gasteiger partial charge on any atom is 0.262 e. The van der Waals surface area contributed by atoms with Crippen LogP contribution < -0.4 is 10.9 Å². The predicted octanol–water partition coefficient (Wildman–Crippen LogP) is 2.13. The molecule has 0 unspecified atom stereocenters. The fourth-order valence-corrected chi connectivity index (χ4v) is 4.91. The van der Waals surface area contributed by atoms with E-state index in [4.69, 9.17) is 5.26 Å². The van der Waals surface area contributed by atoms with E-state index in [-0.39, 0.29) is 23.4 Å². The van der Waals surface area contributed by atoms with Crippen molar-refractivity contribution in [3.05, 3.63) is 26.6 Å². The highest BCUT2D eigenvalue weighted by Crippen LogP contribution is 2.30. The van der Waals surface area contributed by atoms with E-state index in [1.165, 1.54) is 11.3 Å². The number of nitrogens with zero attached hydrogens (tertiary/aromatic N) is 3. The lowest BCUT2D eigenvalue weighted by molar-refractivity contribution is 0.0936. The Bertz CT molecular complexity index is 937. The zero-order valence-electron chi connectivity index (χ0n) is 13.5. The predicted molar refractivity (Wildman–Crippen MR) is 91.1 cm³/mol. The second-order valence-corrected chi connectivity index (χ2v) is 7.57. The molecule has 0 spiro atoms. The molecule has 124 valence electrons. The van der Waals surface area contributed by atoms with E-state index < -0.39 is 0 Å². The highest BCUT2D eigenvalue weighted by atomic mass is 32.1. The quantitative estimate of drug-likeness (QED) is 0.905. The maximum absolute atomic E-state index is 12.7. The third-order valence-corrected chi connectivity index (χ3v) is 6.30. The number of carbonyl (C=O) groups is 1. The number of thiophene rings is 1. The molecule has 2 aliphatic rings. The Morgan fingerprint density at radius 1 is 1.42 bits per heavy atom. The van der Waals surface area contributed by atoms with E-state index in [2.05, 4.69) is 16.4 Å². The first-order chi connectivity index (χ1) is 11.6. The van der Waals surface area contributed by atoms with Gasteiger partial charge in [-0.25, -0.2) is 4.98 Å². The molecular weight excluding hydrogens is 324 g/mol. The number of hydrogen-bond acceptors (Lipinski definition) is 5. The van der Waals surface area contributed by atoms with Gasteiger partial charge in [0, 0.05) is 19.0 Å². The molecule has 4 rings (SSSR count). The molecule has 2 aromatic heterocycles. The lowest BCUT2D eigenvalue weighted by atomic mass is 10.1. The Labute approximate surface area is 143 Å². The highest BCUT2D eigenvalue weighted by Gasteiger charge is 2.30. The van der Waals surface area contributed by atoms with Crippen molar-refractivity contribution in [3.8, 4) is 6.07 Å². The summed E-state index contributed by atoms with van der Waals surface area (Å²) in [6, 6.07) is 2.18. The molecule has 0 bridgehead atoms. The molecular formula is C17H18N4O2S. The Hall–Kier alpha value is -2.20. The number of rotatable bonds is 2. The summed E-state index contributed by atoms with van der Waals surface area (Å²) < 4.78 is 1.73. The molecule has 0 saturated heterocycles. The van der Waals surface area contributed by atoms with Crippen molar-refractivity contribution >= 4 is 27.5 Å². The van der Waals surface area contributed by atoms with Crippen LogP contribution >= 0.6 is 11.3 Å². The molecule has 24 heavy (non-hydrogen) atoms. The molecule has 2 atom stereocenters. The average molecular weight is 342 g/mol. The first kappa shape index (κ1) is 15.3. The van der Waals surface area contributed by atoms with Crippen LogP contribution in [0.5, 0.6) is 0 Å². The largest absolute Gasteiger partial charge is 0.347 e. The summed E-state index contributed by atoms with van der Waals surface area (Å²) in [5, 5.41) is 12.7. The molecule has 7 heteroatoms. The summed E-state index contributed by atoms with van der Waals surface area (Å²) in [7, 11) is 0. The van der Waals surface area contributed by atoms with Crippen LogP contribution in [-0.4, -0.2) is 21.5 Å². The zero-order valence-corrected chi connectivity index (χ0v) is 14.3. The Kier molecular flexibility index (Phi) is 3.65. The van der Waals surface area contributed by atoms with Crippen molar-refractivity contribution in [1.29, 1.82) is 5.26 Å². The van der Waals surface area contributed by atoms with Gasteiger partial charge in [-0.2, -0.15) is 5.26 Å². The molecule has 1 aliphatic heterocycles. The topological polar surface area (TPSA) is 87.8 Å². The average Bonchev–Trinajstić information content (AvgIpc) is 3.26. The van der Waals surface area contributed by atoms with Gasteiger partial charge in [0.05, 0.1) is 22.3 Å². The number of aryl methyl sites for hydroxylation is 2. The molecule has 1 amide bonds. The van der Waals surface area contributed by atoms with Crippen molar-refractivity contribution in [3.63, 3.8) is 0 Å². The molecule has 1 N–H and O–H groups in total. The summed E-state index contributed by atoms with van der Waals surface area (Å²) >= 11 is 1.28. The van der Waals surface area contributed by atoms with Gasteiger partial charge in [0.25, 0.3) is 11.5 Å². The molecule has 2 aromatic rings. The van der Waals surface area contributed by atoms with Crippen molar-refractivity contribution in [2.75, 3.05) is 0 Å². The molecule has 1 saturated carbocycles. The Balaban J connectivity index is 1.71. The van der Waals surface area contributed by atoms with Gasteiger partial charge in [-0.1, -0.05) is 0 Å². The number of carbonyl (C=O) groups excluding carboxylic acids is 1. The summed E-state index contributed by atoms with van der Waals surface area (Å²) in [5.74, 6) is 0.518. The maximum atomic E-state index is 12.7. The standard InChI is InChI=1S/C17H18N4O2S/c1-9-13-16(20-12-6-3-7-21(12)17(13)23)24-14(9)15(22)19-11-5-2-4-10(11)8-18/h10-11H,2-7H2,1H3,(H,19,22)/t10-,11-/m0/s1. The summed E-state index contributed by atoms with van der Waals surface area (Å²) in [6.07, 6.45) is 4.40. The second-order valence-electron chi connectivity index (χ2n) is 6.57. The van der Waals surface area contributed by atoms with Crippen LogP contribution in [0.1, 0.15) is 46.7 Å². The van der Waals surface area contributed by atoms with Gasteiger partial charge in [-0.3, -0.25) is 14.2 Å². The third-order valence-electron chi connectivity index (χ3n) is 5.12. The molecule has 1 aliphatic carbocycles. The monoisotopic (exact) mass is 342 g/mol. The van der Waals surface area contributed by atoms with Crippen LogP contribution in [-0.2, 0) is 13.0 Å². The Morgan fingerprint density at radius 2 is 2.25 bits per heavy atom. The zero-order chi connectivity index (χ0) is 16.8. The van der Waals surface area contributed by atoms with Crippen LogP contribution in [0.3, 0.4) is 0 Å². The Morgan fingerprint density at radius 3 is 3.04 bits per heavy atom.